The molecule has 0 radical (unpaired) electrons. The Morgan fingerprint density at radius 1 is 1.06 bits per heavy atom. The van der Waals surface area contributed by atoms with Gasteiger partial charge >= 0.3 is 18.1 Å². The van der Waals surface area contributed by atoms with Crippen molar-refractivity contribution >= 4 is 0 Å². The van der Waals surface area contributed by atoms with Crippen molar-refractivity contribution in [2.45, 2.75) is 31.5 Å². The Bertz CT molecular complexity index is 252. The molecule has 0 fully saturated rings. The molecule has 0 rings (SSSR count). The number of halogens is 6. The first-order valence-electron chi connectivity index (χ1n) is 4.64. The van der Waals surface area contributed by atoms with Crippen LogP contribution in [0.25, 0.3) is 0 Å². The van der Waals surface area contributed by atoms with E-state index < -0.39 is 31.4 Å². The Morgan fingerprint density at radius 2 is 1.59 bits per heavy atom. The summed E-state index contributed by atoms with van der Waals surface area (Å²) in [5.74, 6) is -5.17. The Kier molecular flexibility index (Phi) is 5.47. The van der Waals surface area contributed by atoms with Crippen LogP contribution in [0, 0.1) is 0 Å². The van der Waals surface area contributed by atoms with Crippen molar-refractivity contribution in [2.24, 2.45) is 0 Å². The molecule has 0 heterocycles. The van der Waals surface area contributed by atoms with Gasteiger partial charge in [-0.1, -0.05) is 13.0 Å². The van der Waals surface area contributed by atoms with Crippen LogP contribution in [0.3, 0.4) is 0 Å². The maximum atomic E-state index is 13.3. The normalized spacial score (nSPS) is 16.6. The van der Waals surface area contributed by atoms with E-state index in [9.17, 15) is 26.3 Å². The van der Waals surface area contributed by atoms with Gasteiger partial charge in [0.25, 0.3) is 0 Å². The fourth-order valence-electron chi connectivity index (χ4n) is 0.830. The van der Waals surface area contributed by atoms with Gasteiger partial charge in [0.05, 0.1) is 13.2 Å². The van der Waals surface area contributed by atoms with Crippen molar-refractivity contribution in [3.05, 3.63) is 12.7 Å². The van der Waals surface area contributed by atoms with Gasteiger partial charge in [0.1, 0.15) is 0 Å². The van der Waals surface area contributed by atoms with Crippen LogP contribution in [0.2, 0.25) is 0 Å². The highest BCUT2D eigenvalue weighted by atomic mass is 19.4. The van der Waals surface area contributed by atoms with Gasteiger partial charge in [-0.2, -0.15) is 26.3 Å². The summed E-state index contributed by atoms with van der Waals surface area (Å²) < 4.78 is 83.2. The van der Waals surface area contributed by atoms with Crippen LogP contribution >= 0.6 is 0 Å². The summed E-state index contributed by atoms with van der Waals surface area (Å²) in [6.45, 7) is 2.56. The minimum atomic E-state index is -5.91. The molecule has 0 aliphatic carbocycles. The van der Waals surface area contributed by atoms with Crippen molar-refractivity contribution in [2.75, 3.05) is 13.2 Å². The molecule has 0 bridgehead atoms. The molecule has 102 valence electrons. The molecule has 0 N–H and O–H groups in total. The summed E-state index contributed by atoms with van der Waals surface area (Å²) in [5.41, 5.74) is 0. The first-order valence-corrected chi connectivity index (χ1v) is 4.64. The lowest BCUT2D eigenvalue weighted by molar-refractivity contribution is -0.456. The first-order chi connectivity index (χ1) is 7.62. The topological polar surface area (TPSA) is 18.5 Å². The highest BCUT2D eigenvalue weighted by Gasteiger charge is 2.74. The zero-order chi connectivity index (χ0) is 13.7. The van der Waals surface area contributed by atoms with E-state index in [2.05, 4.69) is 16.1 Å². The molecule has 0 aromatic heterocycles. The fraction of sp³-hybridized carbons (Fsp3) is 0.778. The molecule has 2 nitrogen and oxygen atoms in total. The highest BCUT2D eigenvalue weighted by Crippen LogP contribution is 2.46. The van der Waals surface area contributed by atoms with Gasteiger partial charge in [-0.25, -0.2) is 0 Å². The molecule has 0 amide bonds. The van der Waals surface area contributed by atoms with Crippen LogP contribution in [-0.4, -0.2) is 31.4 Å². The van der Waals surface area contributed by atoms with Gasteiger partial charge < -0.3 is 9.47 Å². The van der Waals surface area contributed by atoms with E-state index in [1.807, 2.05) is 0 Å². The summed E-state index contributed by atoms with van der Waals surface area (Å²) >= 11 is 0. The Balaban J connectivity index is 5.08. The molecule has 0 aromatic carbocycles. The first kappa shape index (κ1) is 16.2. The van der Waals surface area contributed by atoms with Gasteiger partial charge in [-0.3, -0.25) is 0 Å². The van der Waals surface area contributed by atoms with Crippen LogP contribution in [0.1, 0.15) is 13.3 Å². The molecule has 0 saturated carbocycles. The van der Waals surface area contributed by atoms with Gasteiger partial charge in [-0.15, -0.1) is 6.58 Å². The predicted molar refractivity (Wildman–Crippen MR) is 47.2 cm³/mol. The van der Waals surface area contributed by atoms with Crippen molar-refractivity contribution in [3.63, 3.8) is 0 Å². The molecule has 0 saturated heterocycles. The average Bonchev–Trinajstić information content (AvgIpc) is 2.21. The van der Waals surface area contributed by atoms with E-state index in [0.717, 1.165) is 6.08 Å². The van der Waals surface area contributed by atoms with Crippen LogP contribution in [0.4, 0.5) is 26.3 Å². The number of hydrogen-bond donors (Lipinski definition) is 0. The van der Waals surface area contributed by atoms with Crippen LogP contribution < -0.4 is 0 Å². The second kappa shape index (κ2) is 5.72. The minimum absolute atomic E-state index is 0.0563. The zero-order valence-corrected chi connectivity index (χ0v) is 8.99. The predicted octanol–water partition coefficient (Wildman–Crippen LogP) is 3.44. The molecule has 0 spiro atoms. The van der Waals surface area contributed by atoms with Crippen LogP contribution in [0.15, 0.2) is 12.7 Å². The quantitative estimate of drug-likeness (QED) is 0.519. The number of rotatable bonds is 7. The van der Waals surface area contributed by atoms with E-state index in [1.165, 1.54) is 6.92 Å². The molecule has 1 atom stereocenters. The molecule has 0 aromatic rings. The number of ether oxygens (including phenoxy) is 2. The molecular formula is C9H12F6O2. The monoisotopic (exact) mass is 266 g/mol. The lowest BCUT2D eigenvalue weighted by Gasteiger charge is -2.33. The summed E-state index contributed by atoms with van der Waals surface area (Å²) in [6.07, 6.45) is -10.3. The fourth-order valence-corrected chi connectivity index (χ4v) is 0.830. The summed E-state index contributed by atoms with van der Waals surface area (Å²) in [7, 11) is 0. The van der Waals surface area contributed by atoms with E-state index in [4.69, 9.17) is 0 Å². The largest absolute Gasteiger partial charge is 0.457 e. The molecule has 0 aliphatic heterocycles. The second-order valence-corrected chi connectivity index (χ2v) is 3.06. The molecule has 17 heavy (non-hydrogen) atoms. The van der Waals surface area contributed by atoms with Crippen molar-refractivity contribution in [3.8, 4) is 0 Å². The van der Waals surface area contributed by atoms with Crippen LogP contribution in [0.5, 0.6) is 0 Å². The lowest BCUT2D eigenvalue weighted by Crippen LogP contribution is -2.58. The minimum Gasteiger partial charge on any atom is -0.332 e. The zero-order valence-electron chi connectivity index (χ0n) is 8.99. The third-order valence-corrected chi connectivity index (χ3v) is 1.63. The van der Waals surface area contributed by atoms with E-state index in [0.29, 0.717) is 0 Å². The number of alkyl halides is 6. The molecular weight excluding hydrogens is 254 g/mol. The average molecular weight is 266 g/mol. The third kappa shape index (κ3) is 3.60. The lowest BCUT2D eigenvalue weighted by atomic mass is 10.2. The third-order valence-electron chi connectivity index (χ3n) is 1.63. The summed E-state index contributed by atoms with van der Waals surface area (Å²) in [6, 6.07) is 0. The van der Waals surface area contributed by atoms with E-state index in [1.54, 1.807) is 0 Å². The van der Waals surface area contributed by atoms with Gasteiger partial charge in [0.15, 0.2) is 0 Å². The van der Waals surface area contributed by atoms with Crippen molar-refractivity contribution < 1.29 is 35.8 Å². The molecule has 8 heteroatoms. The smallest absolute Gasteiger partial charge is 0.332 e. The maximum absolute atomic E-state index is 13.3. The highest BCUT2D eigenvalue weighted by molar-refractivity contribution is 4.87. The van der Waals surface area contributed by atoms with Gasteiger partial charge in [0.2, 0.25) is 0 Å². The molecule has 1 unspecified atom stereocenters. The van der Waals surface area contributed by atoms with E-state index in [-0.39, 0.29) is 6.42 Å². The van der Waals surface area contributed by atoms with Gasteiger partial charge in [-0.05, 0) is 6.42 Å². The second-order valence-electron chi connectivity index (χ2n) is 3.06. The summed E-state index contributed by atoms with van der Waals surface area (Å²) in [4.78, 5) is 0. The van der Waals surface area contributed by atoms with Crippen molar-refractivity contribution in [1.82, 2.24) is 0 Å². The van der Waals surface area contributed by atoms with Crippen LogP contribution in [-0.2, 0) is 9.47 Å². The Labute approximate surface area is 94.2 Å². The Morgan fingerprint density at radius 3 is 1.94 bits per heavy atom. The number of hydrogen-bond acceptors (Lipinski definition) is 2. The van der Waals surface area contributed by atoms with Crippen molar-refractivity contribution in [1.29, 1.82) is 0 Å². The standard InChI is InChI=1S/C9H12F6O2/c1-3-5-16-7(10,8(11,12)13)9(14,15)17-6-4-2/h4H,2-3,5-6H2,1H3. The summed E-state index contributed by atoms with van der Waals surface area (Å²) in [5, 5.41) is 0. The SMILES string of the molecule is C=CCOC(F)(F)C(F)(OCCC)C(F)(F)F. The Hall–Kier alpha value is -0.760. The maximum Gasteiger partial charge on any atom is 0.457 e. The van der Waals surface area contributed by atoms with Gasteiger partial charge in [0, 0.05) is 0 Å². The van der Waals surface area contributed by atoms with E-state index >= 15 is 0 Å². The molecule has 0 aliphatic rings.